The average Bonchev–Trinajstić information content (AvgIpc) is 2.21. The zero-order chi connectivity index (χ0) is 10.4. The van der Waals surface area contributed by atoms with E-state index in [0.29, 0.717) is 12.1 Å². The van der Waals surface area contributed by atoms with Crippen LogP contribution in [-0.2, 0) is 16.3 Å². The molecule has 0 spiro atoms. The number of halogens is 1. The van der Waals surface area contributed by atoms with Gasteiger partial charge >= 0.3 is 0 Å². The Morgan fingerprint density at radius 1 is 1.43 bits per heavy atom. The van der Waals surface area contributed by atoms with Crippen LogP contribution in [0.3, 0.4) is 0 Å². The SMILES string of the molecule is CCC(=O)Nc1ccc(COF)cc1. The average molecular weight is 197 g/mol. The number of carbonyl (C=O) groups is 1. The van der Waals surface area contributed by atoms with Crippen molar-refractivity contribution in [2.24, 2.45) is 0 Å². The fraction of sp³-hybridized carbons (Fsp3) is 0.300. The van der Waals surface area contributed by atoms with Gasteiger partial charge < -0.3 is 5.32 Å². The predicted octanol–water partition coefficient (Wildman–Crippen LogP) is 2.44. The van der Waals surface area contributed by atoms with Gasteiger partial charge in [-0.25, -0.2) is 0 Å². The molecule has 0 atom stereocenters. The molecular weight excluding hydrogens is 185 g/mol. The van der Waals surface area contributed by atoms with E-state index in [1.807, 2.05) is 0 Å². The summed E-state index contributed by atoms with van der Waals surface area (Å²) in [7, 11) is 0. The molecule has 0 saturated heterocycles. The molecular formula is C10H12FNO2. The molecule has 0 unspecified atom stereocenters. The van der Waals surface area contributed by atoms with Gasteiger partial charge in [0, 0.05) is 12.1 Å². The third kappa shape index (κ3) is 3.14. The summed E-state index contributed by atoms with van der Waals surface area (Å²) in [5.41, 5.74) is 1.43. The summed E-state index contributed by atoms with van der Waals surface area (Å²) in [5, 5.41) is 2.69. The molecule has 3 nitrogen and oxygen atoms in total. The van der Waals surface area contributed by atoms with Crippen LogP contribution in [0.2, 0.25) is 0 Å². The monoisotopic (exact) mass is 197 g/mol. The molecule has 1 aromatic rings. The molecule has 0 aliphatic carbocycles. The molecule has 1 rings (SSSR count). The fourth-order valence-electron chi connectivity index (χ4n) is 0.997. The van der Waals surface area contributed by atoms with Crippen LogP contribution in [0, 0.1) is 0 Å². The number of amides is 1. The van der Waals surface area contributed by atoms with Crippen LogP contribution >= 0.6 is 0 Å². The van der Waals surface area contributed by atoms with Gasteiger partial charge in [0.25, 0.3) is 0 Å². The predicted molar refractivity (Wildman–Crippen MR) is 51.3 cm³/mol. The van der Waals surface area contributed by atoms with Crippen molar-refractivity contribution in [2.45, 2.75) is 20.0 Å². The topological polar surface area (TPSA) is 38.3 Å². The molecule has 14 heavy (non-hydrogen) atoms. The first kappa shape index (κ1) is 10.7. The van der Waals surface area contributed by atoms with Crippen molar-refractivity contribution < 1.29 is 14.3 Å². The van der Waals surface area contributed by atoms with Gasteiger partial charge in [0.2, 0.25) is 5.91 Å². The first-order valence-electron chi connectivity index (χ1n) is 4.38. The second-order valence-electron chi connectivity index (χ2n) is 2.85. The summed E-state index contributed by atoms with van der Waals surface area (Å²) < 4.78 is 11.5. The van der Waals surface area contributed by atoms with Gasteiger partial charge in [-0.05, 0) is 22.2 Å². The molecule has 1 N–H and O–H groups in total. The highest BCUT2D eigenvalue weighted by Gasteiger charge is 1.98. The van der Waals surface area contributed by atoms with Crippen LogP contribution in [0.5, 0.6) is 0 Å². The van der Waals surface area contributed by atoms with E-state index >= 15 is 0 Å². The van der Waals surface area contributed by atoms with Crippen molar-refractivity contribution in [3.63, 3.8) is 0 Å². The first-order chi connectivity index (χ1) is 6.76. The minimum Gasteiger partial charge on any atom is -0.326 e. The summed E-state index contributed by atoms with van der Waals surface area (Å²) in [6, 6.07) is 6.82. The Hall–Kier alpha value is -1.42. The maximum Gasteiger partial charge on any atom is 0.224 e. The van der Waals surface area contributed by atoms with Crippen LogP contribution in [-0.4, -0.2) is 5.91 Å². The summed E-state index contributed by atoms with van der Waals surface area (Å²) in [5.74, 6) is -0.0421. The van der Waals surface area contributed by atoms with Gasteiger partial charge in [-0.1, -0.05) is 19.1 Å². The molecule has 0 aromatic heterocycles. The molecule has 0 fully saturated rings. The molecule has 76 valence electrons. The second-order valence-corrected chi connectivity index (χ2v) is 2.85. The number of hydrogen-bond donors (Lipinski definition) is 1. The van der Waals surface area contributed by atoms with E-state index in [1.54, 1.807) is 31.2 Å². The minimum absolute atomic E-state index is 0.0421. The molecule has 0 saturated carbocycles. The van der Waals surface area contributed by atoms with Gasteiger partial charge in [0.05, 0.1) is 0 Å². The number of rotatable bonds is 4. The number of hydrogen-bond acceptors (Lipinski definition) is 2. The highest BCUT2D eigenvalue weighted by atomic mass is 19.3. The summed E-state index contributed by atoms with van der Waals surface area (Å²) in [6.07, 6.45) is 0.440. The lowest BCUT2D eigenvalue weighted by molar-refractivity contribution is -0.144. The van der Waals surface area contributed by atoms with E-state index in [2.05, 4.69) is 10.3 Å². The van der Waals surface area contributed by atoms with Gasteiger partial charge in [-0.2, -0.15) is 4.94 Å². The van der Waals surface area contributed by atoms with Gasteiger partial charge in [-0.15, -0.1) is 0 Å². The quantitative estimate of drug-likeness (QED) is 0.805. The Balaban J connectivity index is 2.59. The van der Waals surface area contributed by atoms with Crippen LogP contribution in [0.1, 0.15) is 18.9 Å². The smallest absolute Gasteiger partial charge is 0.224 e. The molecule has 0 bridgehead atoms. The molecule has 1 aromatic carbocycles. The first-order valence-corrected chi connectivity index (χ1v) is 4.38. The van der Waals surface area contributed by atoms with E-state index in [1.165, 1.54) is 0 Å². The lowest BCUT2D eigenvalue weighted by Gasteiger charge is -2.03. The summed E-state index contributed by atoms with van der Waals surface area (Å²) >= 11 is 0. The van der Waals surface area contributed by atoms with Crippen molar-refractivity contribution >= 4 is 11.6 Å². The van der Waals surface area contributed by atoms with E-state index in [0.717, 1.165) is 5.56 Å². The molecule has 0 aliphatic heterocycles. The Kier molecular flexibility index (Phi) is 4.07. The van der Waals surface area contributed by atoms with Crippen molar-refractivity contribution in [3.8, 4) is 0 Å². The Morgan fingerprint density at radius 2 is 2.07 bits per heavy atom. The normalized spacial score (nSPS) is 9.86. The number of anilines is 1. The lowest BCUT2D eigenvalue weighted by Crippen LogP contribution is -2.09. The minimum atomic E-state index is -0.0675. The largest absolute Gasteiger partial charge is 0.326 e. The van der Waals surface area contributed by atoms with E-state index < -0.39 is 0 Å². The van der Waals surface area contributed by atoms with Crippen molar-refractivity contribution in [2.75, 3.05) is 5.32 Å². The van der Waals surface area contributed by atoms with Crippen molar-refractivity contribution in [1.29, 1.82) is 0 Å². The number of carbonyl (C=O) groups excluding carboxylic acids is 1. The van der Waals surface area contributed by atoms with E-state index in [4.69, 9.17) is 0 Å². The fourth-order valence-corrected chi connectivity index (χ4v) is 0.997. The van der Waals surface area contributed by atoms with Crippen LogP contribution in [0.4, 0.5) is 10.2 Å². The van der Waals surface area contributed by atoms with E-state index in [-0.39, 0.29) is 12.5 Å². The Labute approximate surface area is 81.8 Å². The highest BCUT2D eigenvalue weighted by Crippen LogP contribution is 2.10. The third-order valence-electron chi connectivity index (χ3n) is 1.78. The van der Waals surface area contributed by atoms with Crippen LogP contribution in [0.15, 0.2) is 24.3 Å². The maximum absolute atomic E-state index is 11.5. The molecule has 0 heterocycles. The summed E-state index contributed by atoms with van der Waals surface area (Å²) in [6.45, 7) is 1.71. The molecule has 0 aliphatic rings. The van der Waals surface area contributed by atoms with Crippen LogP contribution in [0.25, 0.3) is 0 Å². The Bertz CT molecular complexity index is 297. The molecule has 4 heteroatoms. The van der Waals surface area contributed by atoms with Crippen molar-refractivity contribution in [1.82, 2.24) is 0 Å². The second kappa shape index (κ2) is 5.34. The van der Waals surface area contributed by atoms with Gasteiger partial charge in [0.1, 0.15) is 6.61 Å². The van der Waals surface area contributed by atoms with Gasteiger partial charge in [-0.3, -0.25) is 4.79 Å². The zero-order valence-corrected chi connectivity index (χ0v) is 7.92. The van der Waals surface area contributed by atoms with Gasteiger partial charge in [0.15, 0.2) is 0 Å². The number of benzene rings is 1. The van der Waals surface area contributed by atoms with Crippen molar-refractivity contribution in [3.05, 3.63) is 29.8 Å². The third-order valence-corrected chi connectivity index (χ3v) is 1.78. The van der Waals surface area contributed by atoms with E-state index in [9.17, 15) is 9.32 Å². The lowest BCUT2D eigenvalue weighted by atomic mass is 10.2. The standard InChI is InChI=1S/C10H12FNO2/c1-2-10(13)12-9-5-3-8(4-6-9)7-14-11/h3-6H,2,7H2,1H3,(H,12,13). The molecule has 1 amide bonds. The zero-order valence-electron chi connectivity index (χ0n) is 7.92. The highest BCUT2D eigenvalue weighted by molar-refractivity contribution is 5.90. The van der Waals surface area contributed by atoms with Crippen LogP contribution < -0.4 is 5.32 Å². The maximum atomic E-state index is 11.5. The Morgan fingerprint density at radius 3 is 2.57 bits per heavy atom. The number of nitrogens with one attached hydrogen (secondary N) is 1. The molecule has 0 radical (unpaired) electrons. The summed E-state index contributed by atoms with van der Waals surface area (Å²) in [4.78, 5) is 14.5.